The van der Waals surface area contributed by atoms with Crippen LogP contribution in [0.3, 0.4) is 0 Å². The minimum Gasteiger partial charge on any atom is -0.337 e. The molecule has 2 fully saturated rings. The SMILES string of the molecule is CC(CC(=O)N1C[C@@H](c2ccccc2)[C@H]2[C@H]1CCCCCN2C)n1cccn1. The van der Waals surface area contributed by atoms with Gasteiger partial charge in [-0.1, -0.05) is 43.2 Å². The number of fused-ring (bicyclic) bond motifs is 1. The third-order valence-electron chi connectivity index (χ3n) is 6.61. The Kier molecular flexibility index (Phi) is 5.81. The van der Waals surface area contributed by atoms with E-state index in [0.717, 1.165) is 19.5 Å². The van der Waals surface area contributed by atoms with E-state index in [1.54, 1.807) is 6.20 Å². The summed E-state index contributed by atoms with van der Waals surface area (Å²) in [7, 11) is 2.25. The fourth-order valence-corrected chi connectivity index (χ4v) is 5.17. The third kappa shape index (κ3) is 3.86. The largest absolute Gasteiger partial charge is 0.337 e. The zero-order valence-electron chi connectivity index (χ0n) is 17.1. The van der Waals surface area contributed by atoms with Crippen LogP contribution in [0.5, 0.6) is 0 Å². The molecule has 150 valence electrons. The summed E-state index contributed by atoms with van der Waals surface area (Å²) in [6.45, 7) is 4.03. The van der Waals surface area contributed by atoms with Crippen molar-refractivity contribution in [3.63, 3.8) is 0 Å². The van der Waals surface area contributed by atoms with Gasteiger partial charge in [-0.15, -0.1) is 0 Å². The average molecular weight is 381 g/mol. The highest BCUT2D eigenvalue weighted by atomic mass is 16.2. The molecule has 3 heterocycles. The van der Waals surface area contributed by atoms with Crippen molar-refractivity contribution in [2.75, 3.05) is 20.1 Å². The molecule has 0 spiro atoms. The van der Waals surface area contributed by atoms with E-state index in [0.29, 0.717) is 24.4 Å². The molecule has 4 atom stereocenters. The molecule has 0 radical (unpaired) electrons. The first-order valence-corrected chi connectivity index (χ1v) is 10.7. The van der Waals surface area contributed by atoms with Gasteiger partial charge >= 0.3 is 0 Å². The predicted molar refractivity (Wildman–Crippen MR) is 111 cm³/mol. The first-order chi connectivity index (χ1) is 13.6. The van der Waals surface area contributed by atoms with Crippen LogP contribution in [0.4, 0.5) is 0 Å². The molecule has 0 aliphatic carbocycles. The topological polar surface area (TPSA) is 41.4 Å². The number of hydrogen-bond acceptors (Lipinski definition) is 3. The molecule has 1 unspecified atom stereocenters. The summed E-state index contributed by atoms with van der Waals surface area (Å²) in [4.78, 5) is 18.1. The summed E-state index contributed by atoms with van der Waals surface area (Å²) in [6.07, 6.45) is 9.08. The van der Waals surface area contributed by atoms with E-state index >= 15 is 0 Å². The molecule has 1 aromatic carbocycles. The lowest BCUT2D eigenvalue weighted by Gasteiger charge is -2.37. The Morgan fingerprint density at radius 1 is 1.18 bits per heavy atom. The number of benzene rings is 1. The van der Waals surface area contributed by atoms with Crippen LogP contribution in [-0.4, -0.2) is 57.7 Å². The average Bonchev–Trinajstić information content (AvgIpc) is 3.35. The second kappa shape index (κ2) is 8.48. The number of hydrogen-bond donors (Lipinski definition) is 0. The molecular weight excluding hydrogens is 348 g/mol. The van der Waals surface area contributed by atoms with E-state index in [-0.39, 0.29) is 11.9 Å². The first-order valence-electron chi connectivity index (χ1n) is 10.7. The van der Waals surface area contributed by atoms with Gasteiger partial charge in [-0.3, -0.25) is 9.48 Å². The second-order valence-corrected chi connectivity index (χ2v) is 8.49. The molecule has 2 aromatic rings. The van der Waals surface area contributed by atoms with Gasteiger partial charge in [0, 0.05) is 43.4 Å². The predicted octanol–water partition coefficient (Wildman–Crippen LogP) is 3.70. The van der Waals surface area contributed by atoms with Crippen LogP contribution in [0.15, 0.2) is 48.8 Å². The van der Waals surface area contributed by atoms with Crippen LogP contribution in [0, 0.1) is 0 Å². The molecule has 0 bridgehead atoms. The van der Waals surface area contributed by atoms with Crippen molar-refractivity contribution >= 4 is 5.91 Å². The lowest BCUT2D eigenvalue weighted by atomic mass is 9.87. The number of carbonyl (C=O) groups excluding carboxylic acids is 1. The summed E-state index contributed by atoms with van der Waals surface area (Å²) in [5, 5.41) is 4.32. The normalized spacial score (nSPS) is 27.1. The molecule has 1 amide bonds. The summed E-state index contributed by atoms with van der Waals surface area (Å²) in [5.41, 5.74) is 1.36. The molecule has 2 saturated heterocycles. The molecule has 0 N–H and O–H groups in total. The van der Waals surface area contributed by atoms with Crippen molar-refractivity contribution in [2.24, 2.45) is 0 Å². The summed E-state index contributed by atoms with van der Waals surface area (Å²) in [6, 6.07) is 13.5. The van der Waals surface area contributed by atoms with Crippen molar-refractivity contribution in [3.05, 3.63) is 54.4 Å². The second-order valence-electron chi connectivity index (χ2n) is 8.49. The van der Waals surface area contributed by atoms with Crippen LogP contribution in [0.25, 0.3) is 0 Å². The number of rotatable bonds is 4. The monoisotopic (exact) mass is 380 g/mol. The molecule has 2 aliphatic rings. The Balaban J connectivity index is 1.58. The Labute approximate surface area is 168 Å². The molecule has 5 nitrogen and oxygen atoms in total. The van der Waals surface area contributed by atoms with E-state index in [1.165, 1.54) is 24.8 Å². The van der Waals surface area contributed by atoms with Crippen molar-refractivity contribution < 1.29 is 4.79 Å². The van der Waals surface area contributed by atoms with Crippen molar-refractivity contribution in [1.29, 1.82) is 0 Å². The zero-order chi connectivity index (χ0) is 19.5. The maximum atomic E-state index is 13.4. The van der Waals surface area contributed by atoms with Gasteiger partial charge in [0.15, 0.2) is 0 Å². The van der Waals surface area contributed by atoms with Gasteiger partial charge in [-0.2, -0.15) is 5.10 Å². The van der Waals surface area contributed by atoms with E-state index < -0.39 is 0 Å². The van der Waals surface area contributed by atoms with Gasteiger partial charge in [-0.05, 0) is 45.0 Å². The van der Waals surface area contributed by atoms with Gasteiger partial charge in [0.1, 0.15) is 0 Å². The zero-order valence-corrected chi connectivity index (χ0v) is 17.1. The standard InChI is InChI=1S/C23H32N4O/c1-18(27-15-9-13-24-27)16-22(28)26-17-20(19-10-5-3-6-11-19)23-21(26)12-7-4-8-14-25(23)2/h3,5-6,9-11,13,15,18,20-21,23H,4,7-8,12,14,16-17H2,1-2H3/t18?,20-,21+,23-/m0/s1. The van der Waals surface area contributed by atoms with Gasteiger partial charge in [0.05, 0.1) is 6.04 Å². The van der Waals surface area contributed by atoms with E-state index in [4.69, 9.17) is 0 Å². The maximum Gasteiger partial charge on any atom is 0.225 e. The summed E-state index contributed by atoms with van der Waals surface area (Å²) < 4.78 is 1.89. The fraction of sp³-hybridized carbons (Fsp3) is 0.565. The summed E-state index contributed by atoms with van der Waals surface area (Å²) in [5.74, 6) is 0.656. The van der Waals surface area contributed by atoms with E-state index in [2.05, 4.69) is 59.2 Å². The Hall–Kier alpha value is -2.14. The van der Waals surface area contributed by atoms with Crippen LogP contribution >= 0.6 is 0 Å². The molecule has 2 aliphatic heterocycles. The minimum atomic E-state index is 0.0861. The van der Waals surface area contributed by atoms with Gasteiger partial charge < -0.3 is 9.80 Å². The van der Waals surface area contributed by atoms with Gasteiger partial charge in [0.25, 0.3) is 0 Å². The highest BCUT2D eigenvalue weighted by molar-refractivity contribution is 5.77. The minimum absolute atomic E-state index is 0.0861. The van der Waals surface area contributed by atoms with Crippen LogP contribution < -0.4 is 0 Å². The van der Waals surface area contributed by atoms with Crippen molar-refractivity contribution in [3.8, 4) is 0 Å². The molecular formula is C23H32N4O. The number of amides is 1. The van der Waals surface area contributed by atoms with Gasteiger partial charge in [-0.25, -0.2) is 0 Å². The van der Waals surface area contributed by atoms with Crippen LogP contribution in [-0.2, 0) is 4.79 Å². The van der Waals surface area contributed by atoms with E-state index in [1.807, 2.05) is 16.9 Å². The van der Waals surface area contributed by atoms with Crippen LogP contribution in [0.1, 0.15) is 56.6 Å². The number of carbonyl (C=O) groups is 1. The number of nitrogens with zero attached hydrogens (tertiary/aromatic N) is 4. The molecule has 4 rings (SSSR count). The maximum absolute atomic E-state index is 13.4. The van der Waals surface area contributed by atoms with Crippen molar-refractivity contribution in [1.82, 2.24) is 19.6 Å². The molecule has 28 heavy (non-hydrogen) atoms. The highest BCUT2D eigenvalue weighted by Gasteiger charge is 2.46. The van der Waals surface area contributed by atoms with Gasteiger partial charge in [0.2, 0.25) is 5.91 Å². The first kappa shape index (κ1) is 19.2. The Morgan fingerprint density at radius 2 is 2.00 bits per heavy atom. The number of aromatic nitrogens is 2. The lowest BCUT2D eigenvalue weighted by molar-refractivity contribution is -0.133. The third-order valence-corrected chi connectivity index (χ3v) is 6.61. The highest BCUT2D eigenvalue weighted by Crippen LogP contribution is 2.39. The lowest BCUT2D eigenvalue weighted by Crippen LogP contribution is -2.48. The quantitative estimate of drug-likeness (QED) is 0.812. The fourth-order valence-electron chi connectivity index (χ4n) is 5.17. The molecule has 0 saturated carbocycles. The number of likely N-dealkylation sites (tertiary alicyclic amines) is 2. The number of likely N-dealkylation sites (N-methyl/N-ethyl adjacent to an activating group) is 1. The Bertz CT molecular complexity index is 760. The molecule has 1 aromatic heterocycles. The summed E-state index contributed by atoms with van der Waals surface area (Å²) >= 11 is 0. The van der Waals surface area contributed by atoms with Crippen LogP contribution in [0.2, 0.25) is 0 Å². The Morgan fingerprint density at radius 3 is 2.75 bits per heavy atom. The van der Waals surface area contributed by atoms with E-state index in [9.17, 15) is 4.79 Å². The smallest absolute Gasteiger partial charge is 0.225 e. The van der Waals surface area contributed by atoms with Crippen molar-refractivity contribution in [2.45, 2.75) is 63.1 Å². The molecule has 5 heteroatoms.